The number of nitrogens with one attached hydrogen (secondary N) is 1. The Morgan fingerprint density at radius 2 is 1.48 bits per heavy atom. The average molecular weight is 288 g/mol. The molecule has 0 heterocycles. The van der Waals surface area contributed by atoms with E-state index in [1.165, 1.54) is 6.92 Å². The Hall–Kier alpha value is -2.69. The lowest BCUT2D eigenvalue weighted by Crippen LogP contribution is -2.06. The fraction of sp³-hybridized carbons (Fsp3) is 0.188. The van der Waals surface area contributed by atoms with Crippen molar-refractivity contribution in [3.8, 4) is 11.5 Å². The van der Waals surface area contributed by atoms with E-state index in [1.807, 2.05) is 30.3 Å². The summed E-state index contributed by atoms with van der Waals surface area (Å²) in [5.74, 6) is 1.31. The molecule has 0 bridgehead atoms. The molecule has 112 valence electrons. The van der Waals surface area contributed by atoms with E-state index in [2.05, 4.69) is 5.32 Å². The summed E-state index contributed by atoms with van der Waals surface area (Å²) in [5.41, 5.74) is 6.89. The van der Waals surface area contributed by atoms with E-state index in [0.29, 0.717) is 17.1 Å². The van der Waals surface area contributed by atoms with Crippen molar-refractivity contribution in [2.45, 2.75) is 6.92 Å². The predicted octanol–water partition coefficient (Wildman–Crippen LogP) is 2.93. The molecule has 0 spiro atoms. The fourth-order valence-corrected chi connectivity index (χ4v) is 1.60. The second-order valence-corrected chi connectivity index (χ2v) is 4.12. The van der Waals surface area contributed by atoms with Gasteiger partial charge in [0, 0.05) is 6.92 Å². The number of amides is 1. The fourth-order valence-electron chi connectivity index (χ4n) is 1.60. The zero-order valence-corrected chi connectivity index (χ0v) is 12.4. The van der Waals surface area contributed by atoms with Crippen molar-refractivity contribution >= 4 is 17.3 Å². The average Bonchev–Trinajstić information content (AvgIpc) is 2.48. The highest BCUT2D eigenvalue weighted by molar-refractivity contribution is 5.90. The molecule has 0 saturated carbocycles. The minimum absolute atomic E-state index is 0.0977. The minimum Gasteiger partial charge on any atom is -0.495 e. The molecule has 0 aromatic heterocycles. The Morgan fingerprint density at radius 3 is 1.95 bits per heavy atom. The van der Waals surface area contributed by atoms with E-state index in [-0.39, 0.29) is 5.91 Å². The summed E-state index contributed by atoms with van der Waals surface area (Å²) in [6.45, 7) is 1.46. The first-order chi connectivity index (χ1) is 10.1. The molecule has 0 radical (unpaired) electrons. The van der Waals surface area contributed by atoms with Crippen molar-refractivity contribution in [1.29, 1.82) is 0 Å². The van der Waals surface area contributed by atoms with Crippen molar-refractivity contribution in [2.24, 2.45) is 0 Å². The summed E-state index contributed by atoms with van der Waals surface area (Å²) in [5, 5.41) is 2.66. The smallest absolute Gasteiger partial charge is 0.221 e. The van der Waals surface area contributed by atoms with Crippen LogP contribution in [0.1, 0.15) is 6.92 Å². The maximum atomic E-state index is 10.7. The molecule has 5 heteroatoms. The third kappa shape index (κ3) is 5.44. The standard InChI is InChI=1S/C9H11NO2.C7H9NO/c1-7(11)10-8-5-3-4-6-9(8)12-2;1-9-7-5-3-2-4-6(7)8/h3-6H,1-2H3,(H,10,11);2-5H,8H2,1H3. The van der Waals surface area contributed by atoms with Gasteiger partial charge in [0.2, 0.25) is 5.91 Å². The van der Waals surface area contributed by atoms with Crippen LogP contribution in [-0.2, 0) is 4.79 Å². The summed E-state index contributed by atoms with van der Waals surface area (Å²) in [6.07, 6.45) is 0. The van der Waals surface area contributed by atoms with Crippen LogP contribution < -0.4 is 20.5 Å². The van der Waals surface area contributed by atoms with Gasteiger partial charge in [0.05, 0.1) is 25.6 Å². The van der Waals surface area contributed by atoms with E-state index in [4.69, 9.17) is 15.2 Å². The SMILES string of the molecule is COc1ccccc1N.COc1ccccc1NC(C)=O. The Balaban J connectivity index is 0.000000219. The van der Waals surface area contributed by atoms with Gasteiger partial charge in [-0.15, -0.1) is 0 Å². The lowest BCUT2D eigenvalue weighted by atomic mass is 10.3. The van der Waals surface area contributed by atoms with Gasteiger partial charge in [-0.2, -0.15) is 0 Å². The van der Waals surface area contributed by atoms with Crippen LogP contribution >= 0.6 is 0 Å². The van der Waals surface area contributed by atoms with Crippen LogP contribution in [0.25, 0.3) is 0 Å². The first-order valence-electron chi connectivity index (χ1n) is 6.37. The number of anilines is 2. The van der Waals surface area contributed by atoms with E-state index in [0.717, 1.165) is 5.75 Å². The Bertz CT molecular complexity index is 585. The third-order valence-electron chi connectivity index (χ3n) is 2.56. The van der Waals surface area contributed by atoms with E-state index < -0.39 is 0 Å². The molecule has 5 nitrogen and oxygen atoms in total. The summed E-state index contributed by atoms with van der Waals surface area (Å²) in [6, 6.07) is 14.7. The van der Waals surface area contributed by atoms with Gasteiger partial charge in [0.25, 0.3) is 0 Å². The van der Waals surface area contributed by atoms with Crippen LogP contribution in [-0.4, -0.2) is 20.1 Å². The highest BCUT2D eigenvalue weighted by Gasteiger charge is 2.01. The Labute approximate surface area is 124 Å². The largest absolute Gasteiger partial charge is 0.495 e. The van der Waals surface area contributed by atoms with Gasteiger partial charge < -0.3 is 20.5 Å². The normalized spacial score (nSPS) is 9.10. The van der Waals surface area contributed by atoms with Crippen molar-refractivity contribution in [3.63, 3.8) is 0 Å². The highest BCUT2D eigenvalue weighted by Crippen LogP contribution is 2.22. The molecule has 0 aliphatic rings. The zero-order chi connectivity index (χ0) is 15.7. The van der Waals surface area contributed by atoms with Gasteiger partial charge in [-0.25, -0.2) is 0 Å². The first-order valence-corrected chi connectivity index (χ1v) is 6.37. The number of nitrogen functional groups attached to an aromatic ring is 1. The molecule has 2 aromatic carbocycles. The number of rotatable bonds is 3. The van der Waals surface area contributed by atoms with Crippen molar-refractivity contribution in [1.82, 2.24) is 0 Å². The lowest BCUT2D eigenvalue weighted by molar-refractivity contribution is -0.114. The molecule has 2 aromatic rings. The van der Waals surface area contributed by atoms with Gasteiger partial charge in [0.1, 0.15) is 11.5 Å². The molecule has 0 atom stereocenters. The molecular formula is C16H20N2O3. The molecular weight excluding hydrogens is 268 g/mol. The number of ether oxygens (including phenoxy) is 2. The molecule has 3 N–H and O–H groups in total. The summed E-state index contributed by atoms with van der Waals surface area (Å²) in [4.78, 5) is 10.7. The number of hydrogen-bond acceptors (Lipinski definition) is 4. The number of methoxy groups -OCH3 is 2. The zero-order valence-electron chi connectivity index (χ0n) is 12.4. The lowest BCUT2D eigenvalue weighted by Gasteiger charge is -2.07. The summed E-state index contributed by atoms with van der Waals surface area (Å²) >= 11 is 0. The van der Waals surface area contributed by atoms with Crippen molar-refractivity contribution in [2.75, 3.05) is 25.3 Å². The number of hydrogen-bond donors (Lipinski definition) is 2. The maximum Gasteiger partial charge on any atom is 0.221 e. The minimum atomic E-state index is -0.0977. The van der Waals surface area contributed by atoms with Crippen LogP contribution in [0.4, 0.5) is 11.4 Å². The van der Waals surface area contributed by atoms with Crippen molar-refractivity contribution in [3.05, 3.63) is 48.5 Å². The second kappa shape index (κ2) is 8.47. The van der Waals surface area contributed by atoms with Crippen LogP contribution in [0.15, 0.2) is 48.5 Å². The predicted molar refractivity (Wildman–Crippen MR) is 84.7 cm³/mol. The van der Waals surface area contributed by atoms with Crippen molar-refractivity contribution < 1.29 is 14.3 Å². The molecule has 1 amide bonds. The molecule has 0 aliphatic carbocycles. The van der Waals surface area contributed by atoms with Crippen LogP contribution in [0.2, 0.25) is 0 Å². The molecule has 0 aliphatic heterocycles. The second-order valence-electron chi connectivity index (χ2n) is 4.12. The van der Waals surface area contributed by atoms with Crippen LogP contribution in [0.3, 0.4) is 0 Å². The monoisotopic (exact) mass is 288 g/mol. The third-order valence-corrected chi connectivity index (χ3v) is 2.56. The van der Waals surface area contributed by atoms with Crippen LogP contribution in [0.5, 0.6) is 11.5 Å². The Kier molecular flexibility index (Phi) is 6.60. The van der Waals surface area contributed by atoms with Gasteiger partial charge >= 0.3 is 0 Å². The van der Waals surface area contributed by atoms with Gasteiger partial charge in [-0.05, 0) is 24.3 Å². The number of para-hydroxylation sites is 4. The Morgan fingerprint density at radius 1 is 0.952 bits per heavy atom. The molecule has 0 saturated heterocycles. The summed E-state index contributed by atoms with van der Waals surface area (Å²) in [7, 11) is 3.17. The molecule has 2 rings (SSSR count). The first kappa shape index (κ1) is 16.4. The molecule has 0 fully saturated rings. The molecule has 0 unspecified atom stereocenters. The van der Waals surface area contributed by atoms with Gasteiger partial charge in [0.15, 0.2) is 0 Å². The van der Waals surface area contributed by atoms with Gasteiger partial charge in [-0.1, -0.05) is 24.3 Å². The number of benzene rings is 2. The summed E-state index contributed by atoms with van der Waals surface area (Å²) < 4.78 is 9.95. The van der Waals surface area contributed by atoms with Crippen LogP contribution in [0, 0.1) is 0 Å². The van der Waals surface area contributed by atoms with E-state index in [9.17, 15) is 4.79 Å². The maximum absolute atomic E-state index is 10.7. The van der Waals surface area contributed by atoms with E-state index >= 15 is 0 Å². The number of nitrogens with two attached hydrogens (primary N) is 1. The topological polar surface area (TPSA) is 73.6 Å². The number of carbonyl (C=O) groups excluding carboxylic acids is 1. The molecule has 21 heavy (non-hydrogen) atoms. The van der Waals surface area contributed by atoms with E-state index in [1.54, 1.807) is 32.4 Å². The number of carbonyl (C=O) groups is 1. The van der Waals surface area contributed by atoms with Gasteiger partial charge in [-0.3, -0.25) is 4.79 Å². The quantitative estimate of drug-likeness (QED) is 0.852. The highest BCUT2D eigenvalue weighted by atomic mass is 16.5.